The monoisotopic (exact) mass is 358 g/mol. The zero-order valence-corrected chi connectivity index (χ0v) is 15.9. The van der Waals surface area contributed by atoms with Crippen molar-refractivity contribution < 1.29 is 4.79 Å². The molecule has 25 heavy (non-hydrogen) atoms. The number of primary amides is 1. The minimum atomic E-state index is -0.327. The standard InChI is InChI=1S/C19H26N4OS/c1-12-7-6-9-15(11-12)18-21-22-19(25-14(3)17(20)24)23(18)16-10-5-4-8-13(16)2/h6-7,9,11,13-14,16H,4-5,8,10H2,1-3H3,(H2,20,24)/t13-,14-,16-/m1/s1. The van der Waals surface area contributed by atoms with E-state index < -0.39 is 0 Å². The van der Waals surface area contributed by atoms with E-state index in [4.69, 9.17) is 5.73 Å². The highest BCUT2D eigenvalue weighted by atomic mass is 32.2. The van der Waals surface area contributed by atoms with Crippen LogP contribution in [0.5, 0.6) is 0 Å². The molecule has 1 aromatic heterocycles. The van der Waals surface area contributed by atoms with E-state index in [-0.39, 0.29) is 11.2 Å². The van der Waals surface area contributed by atoms with Gasteiger partial charge in [-0.3, -0.25) is 9.36 Å². The van der Waals surface area contributed by atoms with Crippen LogP contribution in [-0.4, -0.2) is 25.9 Å². The molecule has 2 N–H and O–H groups in total. The molecular formula is C19H26N4OS. The number of amides is 1. The Balaban J connectivity index is 2.05. The van der Waals surface area contributed by atoms with Crippen LogP contribution in [0.3, 0.4) is 0 Å². The van der Waals surface area contributed by atoms with Gasteiger partial charge in [-0.25, -0.2) is 0 Å². The van der Waals surface area contributed by atoms with Crippen LogP contribution in [0, 0.1) is 12.8 Å². The first-order valence-electron chi connectivity index (χ1n) is 8.95. The third kappa shape index (κ3) is 3.89. The van der Waals surface area contributed by atoms with Gasteiger partial charge in [-0.05, 0) is 38.7 Å². The van der Waals surface area contributed by atoms with Crippen LogP contribution < -0.4 is 5.73 Å². The van der Waals surface area contributed by atoms with Crippen molar-refractivity contribution in [3.63, 3.8) is 0 Å². The lowest BCUT2D eigenvalue weighted by Crippen LogP contribution is -2.25. The minimum Gasteiger partial charge on any atom is -0.369 e. The average Bonchev–Trinajstić information content (AvgIpc) is 2.98. The largest absolute Gasteiger partial charge is 0.369 e. The number of hydrogen-bond donors (Lipinski definition) is 1. The van der Waals surface area contributed by atoms with E-state index in [2.05, 4.69) is 46.8 Å². The number of nitrogens with two attached hydrogens (primary N) is 1. The van der Waals surface area contributed by atoms with Gasteiger partial charge < -0.3 is 5.73 Å². The van der Waals surface area contributed by atoms with E-state index >= 15 is 0 Å². The predicted octanol–water partition coefficient (Wildman–Crippen LogP) is 3.97. The summed E-state index contributed by atoms with van der Waals surface area (Å²) in [6, 6.07) is 8.71. The highest BCUT2D eigenvalue weighted by molar-refractivity contribution is 8.00. The zero-order valence-electron chi connectivity index (χ0n) is 15.1. The van der Waals surface area contributed by atoms with E-state index in [1.807, 2.05) is 13.0 Å². The van der Waals surface area contributed by atoms with Crippen molar-refractivity contribution in [2.75, 3.05) is 0 Å². The fraction of sp³-hybridized carbons (Fsp3) is 0.526. The molecule has 2 aromatic rings. The van der Waals surface area contributed by atoms with E-state index in [1.165, 1.54) is 36.6 Å². The number of aryl methyl sites for hydroxylation is 1. The number of carbonyl (C=O) groups excluding carboxylic acids is 1. The van der Waals surface area contributed by atoms with Crippen LogP contribution in [0.1, 0.15) is 51.1 Å². The Morgan fingerprint density at radius 1 is 1.32 bits per heavy atom. The molecule has 0 aliphatic heterocycles. The summed E-state index contributed by atoms with van der Waals surface area (Å²) in [5.41, 5.74) is 7.73. The molecule has 5 nitrogen and oxygen atoms in total. The predicted molar refractivity (Wildman–Crippen MR) is 101 cm³/mol. The summed E-state index contributed by atoms with van der Waals surface area (Å²) in [4.78, 5) is 11.5. The Labute approximate surface area is 153 Å². The van der Waals surface area contributed by atoms with Gasteiger partial charge in [0.15, 0.2) is 11.0 Å². The van der Waals surface area contributed by atoms with Crippen LogP contribution >= 0.6 is 11.8 Å². The lowest BCUT2D eigenvalue weighted by molar-refractivity contribution is -0.117. The lowest BCUT2D eigenvalue weighted by atomic mass is 9.85. The Kier molecular flexibility index (Phi) is 5.47. The maximum absolute atomic E-state index is 11.5. The molecule has 1 aliphatic carbocycles. The number of rotatable bonds is 5. The maximum atomic E-state index is 11.5. The van der Waals surface area contributed by atoms with E-state index in [0.717, 1.165) is 23.0 Å². The molecule has 1 amide bonds. The van der Waals surface area contributed by atoms with Gasteiger partial charge >= 0.3 is 0 Å². The van der Waals surface area contributed by atoms with Crippen molar-refractivity contribution in [1.82, 2.24) is 14.8 Å². The summed E-state index contributed by atoms with van der Waals surface area (Å²) in [6.45, 7) is 6.21. The van der Waals surface area contributed by atoms with Gasteiger partial charge in [-0.15, -0.1) is 10.2 Å². The lowest BCUT2D eigenvalue weighted by Gasteiger charge is -2.31. The Morgan fingerprint density at radius 3 is 2.76 bits per heavy atom. The Hall–Kier alpha value is -1.82. The summed E-state index contributed by atoms with van der Waals surface area (Å²) in [7, 11) is 0. The van der Waals surface area contributed by atoms with Crippen LogP contribution in [0.25, 0.3) is 11.4 Å². The van der Waals surface area contributed by atoms with Gasteiger partial charge in [0, 0.05) is 11.6 Å². The number of carbonyl (C=O) groups is 1. The highest BCUT2D eigenvalue weighted by Gasteiger charge is 2.29. The molecule has 1 heterocycles. The number of nitrogens with zero attached hydrogens (tertiary/aromatic N) is 3. The molecule has 3 rings (SSSR count). The van der Waals surface area contributed by atoms with Crippen molar-refractivity contribution in [2.24, 2.45) is 11.7 Å². The summed E-state index contributed by atoms with van der Waals surface area (Å²) >= 11 is 1.41. The fourth-order valence-electron chi connectivity index (χ4n) is 3.53. The molecule has 6 heteroatoms. The van der Waals surface area contributed by atoms with Gasteiger partial charge in [0.05, 0.1) is 5.25 Å². The summed E-state index contributed by atoms with van der Waals surface area (Å²) in [5, 5.41) is 9.38. The van der Waals surface area contributed by atoms with Crippen LogP contribution in [0.4, 0.5) is 0 Å². The maximum Gasteiger partial charge on any atom is 0.230 e. The molecular weight excluding hydrogens is 332 g/mol. The molecule has 0 radical (unpaired) electrons. The number of thioether (sulfide) groups is 1. The van der Waals surface area contributed by atoms with Gasteiger partial charge in [0.1, 0.15) is 0 Å². The molecule has 3 atom stereocenters. The Morgan fingerprint density at radius 2 is 2.08 bits per heavy atom. The molecule has 1 fully saturated rings. The molecule has 0 saturated heterocycles. The van der Waals surface area contributed by atoms with Gasteiger partial charge in [0.2, 0.25) is 5.91 Å². The first-order valence-corrected chi connectivity index (χ1v) is 9.83. The van der Waals surface area contributed by atoms with Crippen molar-refractivity contribution in [3.05, 3.63) is 29.8 Å². The molecule has 0 unspecified atom stereocenters. The van der Waals surface area contributed by atoms with Gasteiger partial charge in [-0.2, -0.15) is 0 Å². The highest BCUT2D eigenvalue weighted by Crippen LogP contribution is 2.39. The van der Waals surface area contributed by atoms with Crippen molar-refractivity contribution in [3.8, 4) is 11.4 Å². The third-order valence-electron chi connectivity index (χ3n) is 5.02. The second-order valence-corrected chi connectivity index (χ2v) is 8.35. The van der Waals surface area contributed by atoms with Crippen LogP contribution in [-0.2, 0) is 4.79 Å². The first kappa shape index (κ1) is 18.0. The van der Waals surface area contributed by atoms with E-state index in [1.54, 1.807) is 0 Å². The molecule has 1 aliphatic rings. The summed E-state index contributed by atoms with van der Waals surface area (Å²) < 4.78 is 2.25. The second-order valence-electron chi connectivity index (χ2n) is 7.04. The molecule has 0 bridgehead atoms. The number of benzene rings is 1. The molecule has 1 aromatic carbocycles. The third-order valence-corrected chi connectivity index (χ3v) is 6.10. The first-order chi connectivity index (χ1) is 12.0. The van der Waals surface area contributed by atoms with Crippen LogP contribution in [0.15, 0.2) is 29.4 Å². The van der Waals surface area contributed by atoms with Crippen LogP contribution in [0.2, 0.25) is 0 Å². The molecule has 134 valence electrons. The fourth-order valence-corrected chi connectivity index (χ4v) is 4.39. The summed E-state index contributed by atoms with van der Waals surface area (Å²) in [5.74, 6) is 1.13. The quantitative estimate of drug-likeness (QED) is 0.821. The second kappa shape index (κ2) is 7.60. The smallest absolute Gasteiger partial charge is 0.230 e. The normalized spacial score (nSPS) is 21.9. The SMILES string of the molecule is Cc1cccc(-c2nnc(S[C@H](C)C(N)=O)n2[C@@H]2CCCC[C@H]2C)c1. The average molecular weight is 359 g/mol. The van der Waals surface area contributed by atoms with Crippen molar-refractivity contribution in [2.45, 2.75) is 62.9 Å². The van der Waals surface area contributed by atoms with E-state index in [0.29, 0.717) is 12.0 Å². The Bertz CT molecular complexity index is 758. The zero-order chi connectivity index (χ0) is 18.0. The topological polar surface area (TPSA) is 73.8 Å². The minimum absolute atomic E-state index is 0.326. The van der Waals surface area contributed by atoms with Gasteiger partial charge in [0.25, 0.3) is 0 Å². The van der Waals surface area contributed by atoms with Gasteiger partial charge in [-0.1, -0.05) is 55.3 Å². The molecule has 1 saturated carbocycles. The number of hydrogen-bond acceptors (Lipinski definition) is 4. The molecule has 0 spiro atoms. The summed E-state index contributed by atoms with van der Waals surface area (Å²) in [6.07, 6.45) is 4.83. The van der Waals surface area contributed by atoms with Crippen molar-refractivity contribution >= 4 is 17.7 Å². The number of aromatic nitrogens is 3. The van der Waals surface area contributed by atoms with E-state index in [9.17, 15) is 4.79 Å². The van der Waals surface area contributed by atoms with Crippen molar-refractivity contribution in [1.29, 1.82) is 0 Å².